The summed E-state index contributed by atoms with van der Waals surface area (Å²) in [4.78, 5) is 19.2. The van der Waals surface area contributed by atoms with Crippen molar-refractivity contribution >= 4 is 32.4 Å². The maximum absolute atomic E-state index is 12.3. The van der Waals surface area contributed by atoms with Crippen molar-refractivity contribution in [3.63, 3.8) is 0 Å². The molecule has 0 spiro atoms. The van der Waals surface area contributed by atoms with Gasteiger partial charge in [-0.15, -0.1) is 0 Å². The van der Waals surface area contributed by atoms with E-state index >= 15 is 0 Å². The molecule has 0 aromatic carbocycles. The number of carbonyl (C=O) groups excluding carboxylic acids is 1. The SMILES string of the molecule is C=[C]([C@@H]1C[C@H](C[C@H](C)CC/C=C(\C)COCOCC[Si](C)(C)C)OC1=O)[Sn]([CH3])([CH3])[CH3]. The topological polar surface area (TPSA) is 44.8 Å². The molecule has 0 radical (unpaired) electrons. The molecule has 3 atom stereocenters. The number of rotatable bonds is 14. The minimum atomic E-state index is -2.27. The fourth-order valence-electron chi connectivity index (χ4n) is 3.54. The molecule has 0 unspecified atom stereocenters. The Morgan fingerprint density at radius 1 is 1.30 bits per heavy atom. The van der Waals surface area contributed by atoms with E-state index in [0.717, 1.165) is 32.3 Å². The van der Waals surface area contributed by atoms with Crippen molar-refractivity contribution in [2.45, 2.75) is 86.1 Å². The fraction of sp³-hybridized carbons (Fsp3) is 0.792. The van der Waals surface area contributed by atoms with Crippen LogP contribution in [0.5, 0.6) is 0 Å². The summed E-state index contributed by atoms with van der Waals surface area (Å²) >= 11 is -2.27. The molecule has 1 heterocycles. The van der Waals surface area contributed by atoms with Crippen molar-refractivity contribution in [3.05, 3.63) is 21.8 Å². The average molecular weight is 545 g/mol. The first kappa shape index (κ1) is 27.9. The Morgan fingerprint density at radius 3 is 2.57 bits per heavy atom. The van der Waals surface area contributed by atoms with E-state index in [1.165, 1.54) is 15.2 Å². The second-order valence-electron chi connectivity index (χ2n) is 11.3. The van der Waals surface area contributed by atoms with E-state index in [0.29, 0.717) is 19.3 Å². The third kappa shape index (κ3) is 11.5. The van der Waals surface area contributed by atoms with Crippen LogP contribution in [-0.4, -0.2) is 58.5 Å². The zero-order valence-corrected chi connectivity index (χ0v) is 24.7. The fourth-order valence-corrected chi connectivity index (χ4v) is 7.96. The Hall–Kier alpha value is -0.114. The van der Waals surface area contributed by atoms with E-state index in [1.807, 2.05) is 0 Å². The predicted molar refractivity (Wildman–Crippen MR) is 132 cm³/mol. The Morgan fingerprint density at radius 2 is 1.97 bits per heavy atom. The van der Waals surface area contributed by atoms with Gasteiger partial charge >= 0.3 is 139 Å². The number of cyclic esters (lactones) is 1. The number of hydrogen-bond donors (Lipinski definition) is 0. The number of hydrogen-bond acceptors (Lipinski definition) is 4. The van der Waals surface area contributed by atoms with Crippen molar-refractivity contribution in [1.29, 1.82) is 0 Å². The van der Waals surface area contributed by atoms with Gasteiger partial charge in [0, 0.05) is 14.7 Å². The first-order valence-electron chi connectivity index (χ1n) is 11.5. The van der Waals surface area contributed by atoms with Gasteiger partial charge in [0.2, 0.25) is 0 Å². The molecule has 1 aliphatic heterocycles. The molecule has 0 N–H and O–H groups in total. The van der Waals surface area contributed by atoms with Gasteiger partial charge in [0.05, 0.1) is 0 Å². The van der Waals surface area contributed by atoms with E-state index in [2.05, 4.69) is 61.0 Å². The van der Waals surface area contributed by atoms with Gasteiger partial charge in [-0.3, -0.25) is 0 Å². The van der Waals surface area contributed by atoms with E-state index < -0.39 is 26.5 Å². The second-order valence-corrected chi connectivity index (χ2v) is 31.6. The summed E-state index contributed by atoms with van der Waals surface area (Å²) in [5.74, 6) is 0.442. The Balaban J connectivity index is 2.23. The molecule has 0 amide bonds. The monoisotopic (exact) mass is 546 g/mol. The van der Waals surface area contributed by atoms with Gasteiger partial charge in [-0.1, -0.05) is 19.6 Å². The molecule has 174 valence electrons. The number of ether oxygens (including phenoxy) is 3. The zero-order chi connectivity index (χ0) is 22.9. The molecular formula is C24H46O4SiSn. The molecule has 4 nitrogen and oxygen atoms in total. The van der Waals surface area contributed by atoms with Crippen LogP contribution < -0.4 is 0 Å². The van der Waals surface area contributed by atoms with Gasteiger partial charge in [-0.05, 0) is 6.04 Å². The van der Waals surface area contributed by atoms with Gasteiger partial charge in [0.1, 0.15) is 6.79 Å². The third-order valence-electron chi connectivity index (χ3n) is 5.76. The van der Waals surface area contributed by atoms with Crippen LogP contribution in [-0.2, 0) is 19.0 Å². The van der Waals surface area contributed by atoms with Crippen LogP contribution in [0.4, 0.5) is 0 Å². The average Bonchev–Trinajstić information content (AvgIpc) is 2.95. The summed E-state index contributed by atoms with van der Waals surface area (Å²) in [5, 5.41) is 0. The summed E-state index contributed by atoms with van der Waals surface area (Å²) in [6.07, 6.45) is 6.23. The van der Waals surface area contributed by atoms with Gasteiger partial charge in [-0.2, -0.15) is 0 Å². The molecule has 0 bridgehead atoms. The van der Waals surface area contributed by atoms with Crippen molar-refractivity contribution < 1.29 is 19.0 Å². The van der Waals surface area contributed by atoms with Crippen molar-refractivity contribution in [2.75, 3.05) is 20.0 Å². The van der Waals surface area contributed by atoms with Crippen molar-refractivity contribution in [1.82, 2.24) is 0 Å². The van der Waals surface area contributed by atoms with Crippen LogP contribution in [0.25, 0.3) is 0 Å². The first-order chi connectivity index (χ1) is 13.8. The molecule has 0 aromatic heterocycles. The van der Waals surface area contributed by atoms with E-state index in [4.69, 9.17) is 14.2 Å². The van der Waals surface area contributed by atoms with Crippen LogP contribution in [0, 0.1) is 11.8 Å². The Bertz CT molecular complexity index is 589. The van der Waals surface area contributed by atoms with E-state index in [-0.39, 0.29) is 18.0 Å². The summed E-state index contributed by atoms with van der Waals surface area (Å²) in [6.45, 7) is 17.5. The van der Waals surface area contributed by atoms with Gasteiger partial charge in [0.25, 0.3) is 0 Å². The zero-order valence-electron chi connectivity index (χ0n) is 20.8. The van der Waals surface area contributed by atoms with Gasteiger partial charge in [0.15, 0.2) is 0 Å². The molecule has 1 aliphatic rings. The summed E-state index contributed by atoms with van der Waals surface area (Å²) in [5.41, 5.74) is 1.25. The standard InChI is InChI=1S/C21H37O4Si.3CH3.Sn/c1-7-19-14-20(25-21(19)22)13-17(2)9-8-10-18(3)15-24-16-23-11-12-26(4,5)6;;;;/h10,17,19-20H,1,8-9,11-16H2,2-6H3;3*1H3;/b18-10+;;;;/t17-,19-,20+;;;;/m1..../s1. The van der Waals surface area contributed by atoms with Gasteiger partial charge < -0.3 is 4.74 Å². The van der Waals surface area contributed by atoms with E-state index in [1.54, 1.807) is 0 Å². The Labute approximate surface area is 190 Å². The number of esters is 1. The second kappa shape index (κ2) is 12.8. The third-order valence-corrected chi connectivity index (χ3v) is 14.0. The normalized spacial score (nSPS) is 21.6. The Kier molecular flexibility index (Phi) is 11.9. The van der Waals surface area contributed by atoms with Gasteiger partial charge in [-0.25, -0.2) is 0 Å². The predicted octanol–water partition coefficient (Wildman–Crippen LogP) is 6.43. The number of allylic oxidation sites excluding steroid dienone is 1. The molecule has 1 rings (SSSR count). The van der Waals surface area contributed by atoms with Crippen LogP contribution in [0.2, 0.25) is 40.5 Å². The molecule has 0 saturated carbocycles. The summed E-state index contributed by atoms with van der Waals surface area (Å²) in [7, 11) is -1.02. The maximum atomic E-state index is 12.3. The molecule has 1 fully saturated rings. The van der Waals surface area contributed by atoms with E-state index in [9.17, 15) is 4.79 Å². The van der Waals surface area contributed by atoms with Crippen LogP contribution >= 0.6 is 0 Å². The molecule has 0 aromatic rings. The van der Waals surface area contributed by atoms with Crippen LogP contribution in [0.15, 0.2) is 21.8 Å². The molecular weight excluding hydrogens is 499 g/mol. The van der Waals surface area contributed by atoms with Crippen LogP contribution in [0.1, 0.15) is 39.5 Å². The minimum absolute atomic E-state index is 0.0382. The number of carbonyl (C=O) groups is 1. The first-order valence-corrected chi connectivity index (χ1v) is 25.2. The van der Waals surface area contributed by atoms with Crippen LogP contribution in [0.3, 0.4) is 0 Å². The summed E-state index contributed by atoms with van der Waals surface area (Å²) < 4.78 is 18.1. The quantitative estimate of drug-likeness (QED) is 0.0830. The summed E-state index contributed by atoms with van der Waals surface area (Å²) in [6, 6.07) is 1.17. The molecule has 0 aliphatic carbocycles. The molecule has 30 heavy (non-hydrogen) atoms. The van der Waals surface area contributed by atoms with Crippen molar-refractivity contribution in [3.8, 4) is 0 Å². The van der Waals surface area contributed by atoms with Crippen molar-refractivity contribution in [2.24, 2.45) is 11.8 Å². The molecule has 1 saturated heterocycles. The molecule has 6 heteroatoms.